The molecule has 0 aliphatic carbocycles. The number of carbonyl (C=O) groups is 1. The summed E-state index contributed by atoms with van der Waals surface area (Å²) in [7, 11) is 0. The summed E-state index contributed by atoms with van der Waals surface area (Å²) >= 11 is 1.41. The second kappa shape index (κ2) is 10.2. The van der Waals surface area contributed by atoms with Crippen LogP contribution >= 0.6 is 11.8 Å². The van der Waals surface area contributed by atoms with Gasteiger partial charge in [0, 0.05) is 18.2 Å². The first-order valence-corrected chi connectivity index (χ1v) is 10.0. The Balaban J connectivity index is 1.98. The topological polar surface area (TPSA) is 59.8 Å². The number of thioether (sulfide) groups is 1. The SMILES string of the molecule is C=CCn1c(SCC(=O)N[C@H](C)CCC(C)C)nnc1-c1ccccc1. The molecule has 0 radical (unpaired) electrons. The average molecular weight is 373 g/mol. The van der Waals surface area contributed by atoms with Crippen molar-refractivity contribution >= 4 is 17.7 Å². The average Bonchev–Trinajstić information content (AvgIpc) is 3.02. The van der Waals surface area contributed by atoms with Crippen molar-refractivity contribution in [3.63, 3.8) is 0 Å². The fourth-order valence-corrected chi connectivity index (χ4v) is 3.35. The number of aromatic nitrogens is 3. The number of nitrogens with one attached hydrogen (secondary N) is 1. The lowest BCUT2D eigenvalue weighted by molar-refractivity contribution is -0.119. The van der Waals surface area contributed by atoms with E-state index in [4.69, 9.17) is 0 Å². The summed E-state index contributed by atoms with van der Waals surface area (Å²) in [5.74, 6) is 1.80. The van der Waals surface area contributed by atoms with E-state index in [2.05, 4.69) is 42.9 Å². The van der Waals surface area contributed by atoms with Gasteiger partial charge in [-0.15, -0.1) is 16.8 Å². The van der Waals surface area contributed by atoms with Crippen LogP contribution in [0.2, 0.25) is 0 Å². The fourth-order valence-electron chi connectivity index (χ4n) is 2.59. The van der Waals surface area contributed by atoms with E-state index in [1.54, 1.807) is 0 Å². The van der Waals surface area contributed by atoms with Crippen molar-refractivity contribution in [2.24, 2.45) is 5.92 Å². The van der Waals surface area contributed by atoms with Gasteiger partial charge in [0.25, 0.3) is 0 Å². The number of hydrogen-bond acceptors (Lipinski definition) is 4. The van der Waals surface area contributed by atoms with Gasteiger partial charge in [-0.1, -0.05) is 62.0 Å². The van der Waals surface area contributed by atoms with Gasteiger partial charge in [-0.25, -0.2) is 0 Å². The van der Waals surface area contributed by atoms with Crippen molar-refractivity contribution < 1.29 is 4.79 Å². The molecule has 0 fully saturated rings. The summed E-state index contributed by atoms with van der Waals surface area (Å²) in [6.45, 7) is 10.9. The molecular formula is C20H28N4OS. The quantitative estimate of drug-likeness (QED) is 0.502. The number of nitrogens with zero attached hydrogens (tertiary/aromatic N) is 3. The van der Waals surface area contributed by atoms with E-state index in [0.717, 1.165) is 29.4 Å². The Morgan fingerprint density at radius 3 is 2.62 bits per heavy atom. The maximum atomic E-state index is 12.2. The van der Waals surface area contributed by atoms with Crippen LogP contribution in [0.3, 0.4) is 0 Å². The highest BCUT2D eigenvalue weighted by atomic mass is 32.2. The van der Waals surface area contributed by atoms with Crippen LogP contribution < -0.4 is 5.32 Å². The lowest BCUT2D eigenvalue weighted by Gasteiger charge is -2.15. The molecule has 1 heterocycles. The zero-order valence-corrected chi connectivity index (χ0v) is 16.6. The third kappa shape index (κ3) is 6.02. The molecule has 2 rings (SSSR count). The van der Waals surface area contributed by atoms with E-state index in [1.165, 1.54) is 11.8 Å². The predicted molar refractivity (Wildman–Crippen MR) is 108 cm³/mol. The van der Waals surface area contributed by atoms with Crippen molar-refractivity contribution in [1.82, 2.24) is 20.1 Å². The van der Waals surface area contributed by atoms with Crippen molar-refractivity contribution in [2.75, 3.05) is 5.75 Å². The van der Waals surface area contributed by atoms with Gasteiger partial charge in [0.2, 0.25) is 5.91 Å². The minimum atomic E-state index is 0.0284. The first kappa shape index (κ1) is 20.2. The molecule has 0 aliphatic heterocycles. The Kier molecular flexibility index (Phi) is 7.91. The molecule has 0 aliphatic rings. The van der Waals surface area contributed by atoms with Crippen LogP contribution in [0, 0.1) is 5.92 Å². The Morgan fingerprint density at radius 2 is 1.96 bits per heavy atom. The van der Waals surface area contributed by atoms with E-state index < -0.39 is 0 Å². The Hall–Kier alpha value is -2.08. The van der Waals surface area contributed by atoms with E-state index in [0.29, 0.717) is 18.2 Å². The molecule has 0 spiro atoms. The van der Waals surface area contributed by atoms with E-state index in [9.17, 15) is 4.79 Å². The molecule has 1 atom stereocenters. The molecule has 0 saturated carbocycles. The van der Waals surface area contributed by atoms with Gasteiger partial charge < -0.3 is 5.32 Å². The number of carbonyl (C=O) groups excluding carboxylic acids is 1. The Bertz CT molecular complexity index is 712. The molecule has 0 unspecified atom stereocenters. The lowest BCUT2D eigenvalue weighted by atomic mass is 10.0. The highest BCUT2D eigenvalue weighted by molar-refractivity contribution is 7.99. The predicted octanol–water partition coefficient (Wildman–Crippen LogP) is 4.16. The van der Waals surface area contributed by atoms with Crippen molar-refractivity contribution in [2.45, 2.75) is 51.4 Å². The molecule has 0 bridgehead atoms. The molecule has 26 heavy (non-hydrogen) atoms. The van der Waals surface area contributed by atoms with Gasteiger partial charge in [-0.05, 0) is 25.7 Å². The van der Waals surface area contributed by atoms with Crippen LogP contribution in [-0.4, -0.2) is 32.5 Å². The first-order valence-electron chi connectivity index (χ1n) is 9.03. The van der Waals surface area contributed by atoms with Crippen LogP contribution in [0.15, 0.2) is 48.1 Å². The second-order valence-electron chi connectivity index (χ2n) is 6.80. The summed E-state index contributed by atoms with van der Waals surface area (Å²) < 4.78 is 1.99. The number of allylic oxidation sites excluding steroid dienone is 1. The normalized spacial score (nSPS) is 12.2. The smallest absolute Gasteiger partial charge is 0.230 e. The molecule has 1 aromatic carbocycles. The molecular weight excluding hydrogens is 344 g/mol. The molecule has 2 aromatic rings. The molecule has 1 aromatic heterocycles. The molecule has 5 nitrogen and oxygen atoms in total. The standard InChI is InChI=1S/C20H28N4OS/c1-5-13-24-19(17-9-7-6-8-10-17)22-23-20(24)26-14-18(25)21-16(4)12-11-15(2)3/h5-10,15-16H,1,11-14H2,2-4H3,(H,21,25)/t16-/m1/s1. The monoisotopic (exact) mass is 372 g/mol. The molecule has 0 saturated heterocycles. The first-order chi connectivity index (χ1) is 12.5. The summed E-state index contributed by atoms with van der Waals surface area (Å²) in [6.07, 6.45) is 3.93. The molecule has 1 N–H and O–H groups in total. The molecule has 1 amide bonds. The zero-order chi connectivity index (χ0) is 18.9. The van der Waals surface area contributed by atoms with E-state index in [1.807, 2.05) is 41.0 Å². The maximum Gasteiger partial charge on any atom is 0.230 e. The summed E-state index contributed by atoms with van der Waals surface area (Å²) in [5, 5.41) is 12.4. The summed E-state index contributed by atoms with van der Waals surface area (Å²) in [6, 6.07) is 10.1. The molecule has 140 valence electrons. The maximum absolute atomic E-state index is 12.2. The van der Waals surface area contributed by atoms with Gasteiger partial charge in [-0.2, -0.15) is 0 Å². The van der Waals surface area contributed by atoms with Gasteiger partial charge in [0.05, 0.1) is 5.75 Å². The number of amides is 1. The van der Waals surface area contributed by atoms with Crippen LogP contribution in [0.4, 0.5) is 0 Å². The van der Waals surface area contributed by atoms with Crippen LogP contribution in [-0.2, 0) is 11.3 Å². The van der Waals surface area contributed by atoms with Gasteiger partial charge in [0.1, 0.15) is 0 Å². The van der Waals surface area contributed by atoms with Crippen molar-refractivity contribution in [1.29, 1.82) is 0 Å². The fraction of sp³-hybridized carbons (Fsp3) is 0.450. The number of rotatable bonds is 10. The third-order valence-electron chi connectivity index (χ3n) is 3.98. The minimum Gasteiger partial charge on any atom is -0.353 e. The zero-order valence-electron chi connectivity index (χ0n) is 15.8. The largest absolute Gasteiger partial charge is 0.353 e. The number of benzene rings is 1. The Labute approximate surface area is 160 Å². The minimum absolute atomic E-state index is 0.0284. The van der Waals surface area contributed by atoms with Gasteiger partial charge in [0.15, 0.2) is 11.0 Å². The van der Waals surface area contributed by atoms with Crippen LogP contribution in [0.25, 0.3) is 11.4 Å². The van der Waals surface area contributed by atoms with E-state index >= 15 is 0 Å². The Morgan fingerprint density at radius 1 is 1.23 bits per heavy atom. The van der Waals surface area contributed by atoms with Gasteiger partial charge in [-0.3, -0.25) is 9.36 Å². The lowest BCUT2D eigenvalue weighted by Crippen LogP contribution is -2.34. The highest BCUT2D eigenvalue weighted by Crippen LogP contribution is 2.23. The summed E-state index contributed by atoms with van der Waals surface area (Å²) in [5.41, 5.74) is 1.00. The van der Waals surface area contributed by atoms with Crippen LogP contribution in [0.1, 0.15) is 33.6 Å². The molecule has 6 heteroatoms. The van der Waals surface area contributed by atoms with Crippen molar-refractivity contribution in [3.8, 4) is 11.4 Å². The summed E-state index contributed by atoms with van der Waals surface area (Å²) in [4.78, 5) is 12.2. The van der Waals surface area contributed by atoms with Crippen LogP contribution in [0.5, 0.6) is 0 Å². The number of hydrogen-bond donors (Lipinski definition) is 1. The van der Waals surface area contributed by atoms with E-state index in [-0.39, 0.29) is 11.9 Å². The van der Waals surface area contributed by atoms with Crippen molar-refractivity contribution in [3.05, 3.63) is 43.0 Å². The third-order valence-corrected chi connectivity index (χ3v) is 4.94. The van der Waals surface area contributed by atoms with Gasteiger partial charge >= 0.3 is 0 Å². The highest BCUT2D eigenvalue weighted by Gasteiger charge is 2.15. The second-order valence-corrected chi connectivity index (χ2v) is 7.74.